The van der Waals surface area contributed by atoms with E-state index in [4.69, 9.17) is 16.7 Å². The van der Waals surface area contributed by atoms with Crippen LogP contribution in [-0.2, 0) is 9.59 Å². The average Bonchev–Trinajstić information content (AvgIpc) is 2.43. The molecule has 0 saturated carbocycles. The van der Waals surface area contributed by atoms with E-state index in [1.165, 1.54) is 0 Å². The Morgan fingerprint density at radius 1 is 1.43 bits per heavy atom. The van der Waals surface area contributed by atoms with E-state index in [2.05, 4.69) is 5.32 Å². The van der Waals surface area contributed by atoms with Gasteiger partial charge >= 0.3 is 5.97 Å². The molecule has 0 spiro atoms. The van der Waals surface area contributed by atoms with Crippen LogP contribution in [0.15, 0.2) is 24.3 Å². The Balaban J connectivity index is 1.94. The molecule has 1 aliphatic rings. The lowest BCUT2D eigenvalue weighted by molar-refractivity contribution is -0.138. The summed E-state index contributed by atoms with van der Waals surface area (Å²) in [5.41, 5.74) is 0.574. The molecule has 1 saturated heterocycles. The van der Waals surface area contributed by atoms with Crippen molar-refractivity contribution in [3.63, 3.8) is 0 Å². The van der Waals surface area contributed by atoms with Gasteiger partial charge in [0, 0.05) is 24.1 Å². The number of carbonyl (C=O) groups excluding carboxylic acids is 1. The largest absolute Gasteiger partial charge is 0.481 e. The highest BCUT2D eigenvalue weighted by Gasteiger charge is 2.26. The Bertz CT molecular complexity index is 527. The number of para-hydroxylation sites is 1. The van der Waals surface area contributed by atoms with Crippen molar-refractivity contribution < 1.29 is 14.7 Å². The van der Waals surface area contributed by atoms with Crippen LogP contribution in [0.5, 0.6) is 0 Å². The van der Waals surface area contributed by atoms with Gasteiger partial charge < -0.3 is 10.4 Å². The van der Waals surface area contributed by atoms with Gasteiger partial charge in [-0.2, -0.15) is 11.8 Å². The lowest BCUT2D eigenvalue weighted by Crippen LogP contribution is -2.47. The summed E-state index contributed by atoms with van der Waals surface area (Å²) in [5, 5.41) is 12.2. The smallest absolute Gasteiger partial charge is 0.304 e. The topological polar surface area (TPSA) is 69.6 Å². The highest BCUT2D eigenvalue weighted by Crippen LogP contribution is 2.22. The SMILES string of the molecule is O=C(O)CC1CSCCN1CC(=O)Nc1ccccc1Cl. The highest BCUT2D eigenvalue weighted by molar-refractivity contribution is 7.99. The fraction of sp³-hybridized carbons (Fsp3) is 0.429. The standard InChI is InChI=1S/C14H17ClN2O3S/c15-11-3-1-2-4-12(11)16-13(18)8-17-5-6-21-9-10(17)7-14(19)20/h1-4,10H,5-9H2,(H,16,18)(H,19,20). The molecule has 7 heteroatoms. The first-order valence-corrected chi connectivity index (χ1v) is 8.17. The maximum Gasteiger partial charge on any atom is 0.304 e. The second-order valence-electron chi connectivity index (χ2n) is 4.83. The first-order valence-electron chi connectivity index (χ1n) is 6.64. The summed E-state index contributed by atoms with van der Waals surface area (Å²) in [6.07, 6.45) is 0.0619. The van der Waals surface area contributed by atoms with E-state index in [1.807, 2.05) is 4.90 Å². The number of amides is 1. The van der Waals surface area contributed by atoms with Crippen LogP contribution in [0, 0.1) is 0 Å². The molecule has 114 valence electrons. The van der Waals surface area contributed by atoms with Crippen molar-refractivity contribution in [3.05, 3.63) is 29.3 Å². The molecule has 0 radical (unpaired) electrons. The molecule has 1 fully saturated rings. The number of rotatable bonds is 5. The maximum absolute atomic E-state index is 12.1. The molecular weight excluding hydrogens is 312 g/mol. The zero-order valence-electron chi connectivity index (χ0n) is 11.4. The van der Waals surface area contributed by atoms with Crippen LogP contribution in [0.1, 0.15) is 6.42 Å². The van der Waals surface area contributed by atoms with Crippen LogP contribution in [0.25, 0.3) is 0 Å². The molecule has 1 aliphatic heterocycles. The van der Waals surface area contributed by atoms with Gasteiger partial charge in [-0.05, 0) is 12.1 Å². The van der Waals surface area contributed by atoms with E-state index in [1.54, 1.807) is 36.0 Å². The Hall–Kier alpha value is -1.24. The molecule has 1 unspecified atom stereocenters. The number of halogens is 1. The van der Waals surface area contributed by atoms with Crippen LogP contribution < -0.4 is 5.32 Å². The molecule has 0 aliphatic carbocycles. The summed E-state index contributed by atoms with van der Waals surface area (Å²) in [6.45, 7) is 0.905. The fourth-order valence-corrected chi connectivity index (χ4v) is 3.54. The second-order valence-corrected chi connectivity index (χ2v) is 6.38. The molecule has 21 heavy (non-hydrogen) atoms. The zero-order valence-corrected chi connectivity index (χ0v) is 13.0. The van der Waals surface area contributed by atoms with Gasteiger partial charge in [-0.3, -0.25) is 14.5 Å². The summed E-state index contributed by atoms with van der Waals surface area (Å²) >= 11 is 7.72. The van der Waals surface area contributed by atoms with Gasteiger partial charge in [-0.1, -0.05) is 23.7 Å². The summed E-state index contributed by atoms with van der Waals surface area (Å²) in [6, 6.07) is 6.94. The monoisotopic (exact) mass is 328 g/mol. The number of aliphatic carboxylic acids is 1. The molecule has 5 nitrogen and oxygen atoms in total. The molecule has 1 atom stereocenters. The summed E-state index contributed by atoms with van der Waals surface area (Å²) in [4.78, 5) is 24.9. The normalized spacial score (nSPS) is 19.2. The van der Waals surface area contributed by atoms with Crippen molar-refractivity contribution in [2.45, 2.75) is 12.5 Å². The van der Waals surface area contributed by atoms with Gasteiger partial charge in [0.25, 0.3) is 0 Å². The number of benzene rings is 1. The van der Waals surface area contributed by atoms with Gasteiger partial charge in [0.2, 0.25) is 5.91 Å². The number of carbonyl (C=O) groups is 2. The third-order valence-corrected chi connectivity index (χ3v) is 4.68. The number of hydrogen-bond acceptors (Lipinski definition) is 4. The van der Waals surface area contributed by atoms with E-state index in [-0.39, 0.29) is 24.9 Å². The van der Waals surface area contributed by atoms with E-state index in [0.717, 1.165) is 18.1 Å². The van der Waals surface area contributed by atoms with Crippen molar-refractivity contribution in [2.75, 3.05) is 29.9 Å². The first-order chi connectivity index (χ1) is 10.1. The average molecular weight is 329 g/mol. The molecule has 1 heterocycles. The predicted octanol–water partition coefficient (Wildman–Crippen LogP) is 2.17. The van der Waals surface area contributed by atoms with E-state index in [9.17, 15) is 9.59 Å². The summed E-state index contributed by atoms with van der Waals surface area (Å²) < 4.78 is 0. The Morgan fingerprint density at radius 3 is 2.90 bits per heavy atom. The Labute approximate surface area is 132 Å². The van der Waals surface area contributed by atoms with E-state index >= 15 is 0 Å². The van der Waals surface area contributed by atoms with Gasteiger partial charge in [-0.25, -0.2) is 0 Å². The number of hydrogen-bond donors (Lipinski definition) is 2. The fourth-order valence-electron chi connectivity index (χ4n) is 2.22. The van der Waals surface area contributed by atoms with Gasteiger partial charge in [0.1, 0.15) is 0 Å². The lowest BCUT2D eigenvalue weighted by atomic mass is 10.2. The zero-order chi connectivity index (χ0) is 15.2. The first kappa shape index (κ1) is 16.1. The van der Waals surface area contributed by atoms with Crippen molar-refractivity contribution in [3.8, 4) is 0 Å². The quantitative estimate of drug-likeness (QED) is 0.867. The molecule has 2 rings (SSSR count). The van der Waals surface area contributed by atoms with Gasteiger partial charge in [0.15, 0.2) is 0 Å². The third-order valence-electron chi connectivity index (χ3n) is 3.25. The van der Waals surface area contributed by atoms with Crippen molar-refractivity contribution in [1.82, 2.24) is 4.90 Å². The molecule has 1 amide bonds. The summed E-state index contributed by atoms with van der Waals surface area (Å²) in [7, 11) is 0. The predicted molar refractivity (Wildman–Crippen MR) is 85.0 cm³/mol. The number of nitrogens with zero attached hydrogens (tertiary/aromatic N) is 1. The van der Waals surface area contributed by atoms with Crippen LogP contribution >= 0.6 is 23.4 Å². The van der Waals surface area contributed by atoms with Crippen molar-refractivity contribution >= 4 is 40.9 Å². The molecule has 0 bridgehead atoms. The van der Waals surface area contributed by atoms with Crippen LogP contribution in [0.3, 0.4) is 0 Å². The van der Waals surface area contributed by atoms with Crippen molar-refractivity contribution in [1.29, 1.82) is 0 Å². The Kier molecular flexibility index (Phi) is 5.90. The van der Waals surface area contributed by atoms with Crippen LogP contribution in [0.4, 0.5) is 5.69 Å². The van der Waals surface area contributed by atoms with Gasteiger partial charge in [0.05, 0.1) is 23.7 Å². The van der Waals surface area contributed by atoms with Crippen LogP contribution in [0.2, 0.25) is 5.02 Å². The maximum atomic E-state index is 12.1. The molecule has 1 aromatic carbocycles. The number of anilines is 1. The van der Waals surface area contributed by atoms with E-state index in [0.29, 0.717) is 10.7 Å². The minimum absolute atomic E-state index is 0.0619. The number of carboxylic acid groups (broad SMARTS) is 1. The molecule has 0 aromatic heterocycles. The molecule has 2 N–H and O–H groups in total. The summed E-state index contributed by atoms with van der Waals surface area (Å²) in [5.74, 6) is 0.644. The molecule has 1 aromatic rings. The number of thioether (sulfide) groups is 1. The number of carboxylic acids is 1. The Morgan fingerprint density at radius 2 is 2.19 bits per heavy atom. The highest BCUT2D eigenvalue weighted by atomic mass is 35.5. The number of nitrogens with one attached hydrogen (secondary N) is 1. The minimum atomic E-state index is -0.834. The van der Waals surface area contributed by atoms with Crippen LogP contribution in [-0.4, -0.2) is 52.5 Å². The minimum Gasteiger partial charge on any atom is -0.481 e. The third kappa shape index (κ3) is 4.91. The second kappa shape index (κ2) is 7.68. The molecular formula is C14H17ClN2O3S. The van der Waals surface area contributed by atoms with Gasteiger partial charge in [-0.15, -0.1) is 0 Å². The van der Waals surface area contributed by atoms with Crippen molar-refractivity contribution in [2.24, 2.45) is 0 Å². The lowest BCUT2D eigenvalue weighted by Gasteiger charge is -2.33. The van der Waals surface area contributed by atoms with E-state index < -0.39 is 5.97 Å².